The summed E-state index contributed by atoms with van der Waals surface area (Å²) < 4.78 is 2.06. The van der Waals surface area contributed by atoms with Crippen molar-refractivity contribution in [2.24, 2.45) is 0 Å². The number of hydrogen-bond acceptors (Lipinski definition) is 1. The second kappa shape index (κ2) is 6.17. The zero-order valence-corrected chi connectivity index (χ0v) is 13.8. The number of benzene rings is 2. The monoisotopic (exact) mass is 416 g/mol. The molecule has 0 heterocycles. The van der Waals surface area contributed by atoms with E-state index < -0.39 is 6.10 Å². The molecule has 0 bridgehead atoms. The van der Waals surface area contributed by atoms with Gasteiger partial charge in [0.1, 0.15) is 6.10 Å². The van der Waals surface area contributed by atoms with Crippen molar-refractivity contribution in [3.8, 4) is 0 Å². The molecule has 0 saturated carbocycles. The minimum absolute atomic E-state index is 0.583. The number of hydrogen-bond donors (Lipinski definition) is 1. The van der Waals surface area contributed by atoms with Crippen LogP contribution in [0.2, 0.25) is 0 Å². The van der Waals surface area contributed by atoms with Gasteiger partial charge < -0.3 is 5.11 Å². The maximum atomic E-state index is 10.4. The molecular formula is C15H14BrIO. The van der Waals surface area contributed by atoms with Gasteiger partial charge in [0.25, 0.3) is 0 Å². The Morgan fingerprint density at radius 1 is 1.17 bits per heavy atom. The fourth-order valence-electron chi connectivity index (χ4n) is 1.84. The molecule has 0 aliphatic heterocycles. The van der Waals surface area contributed by atoms with Crippen LogP contribution in [-0.4, -0.2) is 5.11 Å². The van der Waals surface area contributed by atoms with Crippen LogP contribution in [0.1, 0.15) is 29.7 Å². The van der Waals surface area contributed by atoms with Gasteiger partial charge in [0.05, 0.1) is 0 Å². The minimum atomic E-state index is -0.583. The fourth-order valence-corrected chi connectivity index (χ4v) is 2.82. The van der Waals surface area contributed by atoms with E-state index in [0.717, 1.165) is 25.6 Å². The molecule has 1 atom stereocenters. The van der Waals surface area contributed by atoms with Crippen LogP contribution in [0.15, 0.2) is 46.9 Å². The molecule has 0 saturated heterocycles. The van der Waals surface area contributed by atoms with Crippen molar-refractivity contribution in [3.63, 3.8) is 0 Å². The first-order valence-corrected chi connectivity index (χ1v) is 7.71. The maximum Gasteiger partial charge on any atom is 0.105 e. The third-order valence-corrected chi connectivity index (χ3v) is 4.35. The highest BCUT2D eigenvalue weighted by Crippen LogP contribution is 2.30. The number of rotatable bonds is 3. The Kier molecular flexibility index (Phi) is 4.81. The van der Waals surface area contributed by atoms with E-state index in [2.05, 4.69) is 57.6 Å². The molecule has 0 aliphatic carbocycles. The number of halogens is 2. The Morgan fingerprint density at radius 3 is 2.44 bits per heavy atom. The molecule has 0 aromatic heterocycles. The van der Waals surface area contributed by atoms with Crippen LogP contribution in [0.3, 0.4) is 0 Å². The van der Waals surface area contributed by atoms with Crippen LogP contribution < -0.4 is 0 Å². The SMILES string of the molecule is CCc1ccc(C(O)c2cc(I)ccc2Br)cc1. The highest BCUT2D eigenvalue weighted by atomic mass is 127. The third-order valence-electron chi connectivity index (χ3n) is 2.96. The quantitative estimate of drug-likeness (QED) is 0.719. The summed E-state index contributed by atoms with van der Waals surface area (Å²) in [4.78, 5) is 0. The van der Waals surface area contributed by atoms with Crippen molar-refractivity contribution in [2.75, 3.05) is 0 Å². The van der Waals surface area contributed by atoms with Gasteiger partial charge in [-0.25, -0.2) is 0 Å². The molecule has 0 aliphatic rings. The van der Waals surface area contributed by atoms with Crippen molar-refractivity contribution in [1.29, 1.82) is 0 Å². The van der Waals surface area contributed by atoms with Crippen LogP contribution >= 0.6 is 38.5 Å². The summed E-state index contributed by atoms with van der Waals surface area (Å²) in [6.45, 7) is 2.13. The van der Waals surface area contributed by atoms with E-state index in [-0.39, 0.29) is 0 Å². The van der Waals surface area contributed by atoms with Crippen molar-refractivity contribution in [3.05, 3.63) is 67.2 Å². The summed E-state index contributed by atoms with van der Waals surface area (Å²) in [5.41, 5.74) is 3.12. The normalized spacial score (nSPS) is 12.4. The van der Waals surface area contributed by atoms with Gasteiger partial charge in [-0.05, 0) is 58.3 Å². The summed E-state index contributed by atoms with van der Waals surface area (Å²) in [5, 5.41) is 10.4. The molecule has 0 radical (unpaired) electrons. The van der Waals surface area contributed by atoms with Crippen LogP contribution in [-0.2, 0) is 6.42 Å². The molecule has 0 fully saturated rings. The van der Waals surface area contributed by atoms with Crippen molar-refractivity contribution >= 4 is 38.5 Å². The van der Waals surface area contributed by atoms with E-state index in [1.165, 1.54) is 5.56 Å². The van der Waals surface area contributed by atoms with Gasteiger partial charge in [-0.1, -0.05) is 47.1 Å². The molecule has 0 spiro atoms. The van der Waals surface area contributed by atoms with Gasteiger partial charge in [-0.2, -0.15) is 0 Å². The van der Waals surface area contributed by atoms with Crippen molar-refractivity contribution in [1.82, 2.24) is 0 Å². The maximum absolute atomic E-state index is 10.4. The molecule has 2 aromatic carbocycles. The Hall–Kier alpha value is -0.390. The van der Waals surface area contributed by atoms with E-state index in [9.17, 15) is 5.11 Å². The largest absolute Gasteiger partial charge is 0.384 e. The number of aliphatic hydroxyl groups is 1. The Balaban J connectivity index is 2.34. The second-order valence-electron chi connectivity index (χ2n) is 4.16. The molecular weight excluding hydrogens is 403 g/mol. The first kappa shape index (κ1) is 14.0. The molecule has 94 valence electrons. The molecule has 1 N–H and O–H groups in total. The smallest absolute Gasteiger partial charge is 0.105 e. The van der Waals surface area contributed by atoms with Crippen molar-refractivity contribution in [2.45, 2.75) is 19.4 Å². The molecule has 2 aromatic rings. The lowest BCUT2D eigenvalue weighted by Gasteiger charge is -2.14. The zero-order chi connectivity index (χ0) is 13.1. The van der Waals surface area contributed by atoms with Gasteiger partial charge in [0, 0.05) is 13.6 Å². The van der Waals surface area contributed by atoms with Gasteiger partial charge in [0.2, 0.25) is 0 Å². The van der Waals surface area contributed by atoms with Gasteiger partial charge in [-0.15, -0.1) is 0 Å². The van der Waals surface area contributed by atoms with E-state index in [1.54, 1.807) is 0 Å². The standard InChI is InChI=1S/C15H14BrIO/c1-2-10-3-5-11(6-4-10)15(18)13-9-12(17)7-8-14(13)16/h3-9,15,18H,2H2,1H3. The molecule has 18 heavy (non-hydrogen) atoms. The summed E-state index contributed by atoms with van der Waals surface area (Å²) in [5.74, 6) is 0. The summed E-state index contributed by atoms with van der Waals surface area (Å²) >= 11 is 5.75. The van der Waals surface area contributed by atoms with E-state index in [4.69, 9.17) is 0 Å². The molecule has 2 rings (SSSR count). The van der Waals surface area contributed by atoms with E-state index in [1.807, 2.05) is 30.3 Å². The minimum Gasteiger partial charge on any atom is -0.384 e. The Morgan fingerprint density at radius 2 is 1.83 bits per heavy atom. The van der Waals surface area contributed by atoms with Crippen LogP contribution in [0.5, 0.6) is 0 Å². The highest BCUT2D eigenvalue weighted by Gasteiger charge is 2.13. The van der Waals surface area contributed by atoms with Gasteiger partial charge in [0.15, 0.2) is 0 Å². The number of aliphatic hydroxyl groups excluding tert-OH is 1. The highest BCUT2D eigenvalue weighted by molar-refractivity contribution is 14.1. The summed E-state index contributed by atoms with van der Waals surface area (Å²) in [6.07, 6.45) is 0.434. The zero-order valence-electron chi connectivity index (χ0n) is 10.0. The lowest BCUT2D eigenvalue weighted by molar-refractivity contribution is 0.219. The molecule has 3 heteroatoms. The van der Waals surface area contributed by atoms with Crippen LogP contribution in [0.4, 0.5) is 0 Å². The predicted molar refractivity (Wildman–Crippen MR) is 86.7 cm³/mol. The van der Waals surface area contributed by atoms with E-state index in [0.29, 0.717) is 0 Å². The molecule has 1 unspecified atom stereocenters. The fraction of sp³-hybridized carbons (Fsp3) is 0.200. The van der Waals surface area contributed by atoms with Crippen molar-refractivity contribution < 1.29 is 5.11 Å². The molecule has 0 amide bonds. The van der Waals surface area contributed by atoms with Gasteiger partial charge >= 0.3 is 0 Å². The predicted octanol–water partition coefficient (Wildman–Crippen LogP) is 4.70. The summed E-state index contributed by atoms with van der Waals surface area (Å²) in [6, 6.07) is 14.1. The third kappa shape index (κ3) is 3.13. The topological polar surface area (TPSA) is 20.2 Å². The average molecular weight is 417 g/mol. The van der Waals surface area contributed by atoms with Crippen LogP contribution in [0.25, 0.3) is 0 Å². The lowest BCUT2D eigenvalue weighted by Crippen LogP contribution is -2.01. The Bertz CT molecular complexity index is 537. The van der Waals surface area contributed by atoms with Crippen LogP contribution in [0, 0.1) is 3.57 Å². The number of aryl methyl sites for hydroxylation is 1. The summed E-state index contributed by atoms with van der Waals surface area (Å²) in [7, 11) is 0. The Labute approximate surface area is 130 Å². The lowest BCUT2D eigenvalue weighted by atomic mass is 10.00. The average Bonchev–Trinajstić information content (AvgIpc) is 2.41. The second-order valence-corrected chi connectivity index (χ2v) is 6.26. The first-order chi connectivity index (χ1) is 8.61. The molecule has 1 nitrogen and oxygen atoms in total. The van der Waals surface area contributed by atoms with Gasteiger partial charge in [-0.3, -0.25) is 0 Å². The first-order valence-electron chi connectivity index (χ1n) is 5.83. The van der Waals surface area contributed by atoms with E-state index >= 15 is 0 Å².